The Morgan fingerprint density at radius 3 is 1.06 bits per heavy atom. The molecule has 2 N–H and O–H groups in total. The standard InChI is InChI=1S/2C12H25N.2C11H23N.2C10H21N.C9H21N.C8H19N.C2H6/c1-10(2)11-7-6-8-13(9-11)12(3,4)5;1-9(2)11-5-7-12(8-6-11)13-10(3)4;1-9(2)11-5-7-12(8-6-11)10(3)4;1-9(2)11-6-5-7-12(8-11)10(3)4;1-8(2)10-5-6-11(7-10)9(3)4;1-9-6-5-7-11(8-9)10(2,3)4;1-8(2)6-7-10(5)9(3)4;1-7(2)5-6-9-8(3)4;1-2/h10-11H,6-9H2,1-5H3;9-13H,5-8H2,1-4H3;2*9-11H,5-8H2,1-4H3;8-10H,5-7H2,1-4H3;9H,5-8H2,1-4H3;8-9H,6-7H2,1-5H3;7-9H,5-6H2,1-4H3;1-2H3/t;;;11-;;9-;;;/m...1.0.../s1. The molecule has 0 aromatic rings. The molecule has 0 bridgehead atoms. The van der Waals surface area contributed by atoms with Crippen LogP contribution >= 0.6 is 0 Å². The lowest BCUT2D eigenvalue weighted by Crippen LogP contribution is -2.48. The van der Waals surface area contributed by atoms with Crippen molar-refractivity contribution in [3.63, 3.8) is 0 Å². The highest BCUT2D eigenvalue weighted by Crippen LogP contribution is 2.32. The molecule has 6 rings (SSSR count). The van der Waals surface area contributed by atoms with Gasteiger partial charge in [0.2, 0.25) is 0 Å². The number of hydrogen-bond donors (Lipinski definition) is 2. The van der Waals surface area contributed by atoms with Crippen LogP contribution in [-0.4, -0.2) is 168 Å². The van der Waals surface area contributed by atoms with Gasteiger partial charge in [-0.1, -0.05) is 145 Å². The second kappa shape index (κ2) is 53.5. The summed E-state index contributed by atoms with van der Waals surface area (Å²) in [6, 6.07) is 5.03. The van der Waals surface area contributed by atoms with E-state index in [1.165, 1.54) is 168 Å². The quantitative estimate of drug-likeness (QED) is 0.141. The van der Waals surface area contributed by atoms with Crippen molar-refractivity contribution in [3.8, 4) is 0 Å². The van der Waals surface area contributed by atoms with Crippen LogP contribution in [0, 0.1) is 76.9 Å². The predicted molar refractivity (Wildman–Crippen MR) is 427 cm³/mol. The maximum absolute atomic E-state index is 3.64. The maximum atomic E-state index is 3.64. The van der Waals surface area contributed by atoms with E-state index in [0.29, 0.717) is 29.2 Å². The molecule has 93 heavy (non-hydrogen) atoms. The van der Waals surface area contributed by atoms with E-state index >= 15 is 0 Å². The number of piperidine rings is 4. The average molecular weight is 1320 g/mol. The Morgan fingerprint density at radius 1 is 0.376 bits per heavy atom. The fraction of sp³-hybridized carbons (Fsp3) is 1.00. The van der Waals surface area contributed by atoms with E-state index in [2.05, 4.69) is 276 Å². The fourth-order valence-corrected chi connectivity index (χ4v) is 13.8. The van der Waals surface area contributed by atoms with E-state index in [-0.39, 0.29) is 0 Å². The van der Waals surface area contributed by atoms with Crippen molar-refractivity contribution in [2.24, 2.45) is 76.9 Å². The van der Waals surface area contributed by atoms with Gasteiger partial charge in [0, 0.05) is 79.5 Å². The minimum absolute atomic E-state index is 0.369. The van der Waals surface area contributed by atoms with Crippen LogP contribution in [0.3, 0.4) is 0 Å². The summed E-state index contributed by atoms with van der Waals surface area (Å²) in [5.74, 6) is 11.7. The van der Waals surface area contributed by atoms with Gasteiger partial charge in [0.1, 0.15) is 0 Å². The lowest BCUT2D eigenvalue weighted by molar-refractivity contribution is 0.0640. The van der Waals surface area contributed by atoms with Gasteiger partial charge in [0.05, 0.1) is 0 Å². The van der Waals surface area contributed by atoms with Crippen LogP contribution < -0.4 is 10.6 Å². The van der Waals surface area contributed by atoms with E-state index in [9.17, 15) is 0 Å². The van der Waals surface area contributed by atoms with Crippen molar-refractivity contribution in [2.75, 3.05) is 85.6 Å². The Balaban J connectivity index is -0.000000994. The van der Waals surface area contributed by atoms with Crippen LogP contribution in [0.5, 0.6) is 0 Å². The number of nitrogens with zero attached hydrogens (tertiary/aromatic N) is 6. The van der Waals surface area contributed by atoms with Gasteiger partial charge in [-0.25, -0.2) is 0 Å². The molecule has 564 valence electrons. The van der Waals surface area contributed by atoms with Gasteiger partial charge < -0.3 is 30.2 Å². The summed E-state index contributed by atoms with van der Waals surface area (Å²) in [6.45, 7) is 95.5. The first-order valence-corrected chi connectivity index (χ1v) is 40.9. The molecular weight excluding hydrogens is 1130 g/mol. The molecule has 0 aromatic carbocycles. The molecule has 0 radical (unpaired) electrons. The van der Waals surface area contributed by atoms with Gasteiger partial charge in [-0.05, 0) is 330 Å². The normalized spacial score (nSPS) is 23.4. The van der Waals surface area contributed by atoms with Crippen molar-refractivity contribution in [1.29, 1.82) is 0 Å². The van der Waals surface area contributed by atoms with E-state index < -0.39 is 0 Å². The second-order valence-electron chi connectivity index (χ2n) is 36.7. The van der Waals surface area contributed by atoms with Crippen molar-refractivity contribution >= 4 is 0 Å². The Hall–Kier alpha value is -0.320. The topological polar surface area (TPSA) is 43.5 Å². The minimum atomic E-state index is 0.369. The first-order chi connectivity index (χ1) is 43.0. The molecule has 6 fully saturated rings. The lowest BCUT2D eigenvalue weighted by atomic mass is 9.79. The summed E-state index contributed by atoms with van der Waals surface area (Å²) in [4.78, 5) is 15.4. The number of hydrogen-bond acceptors (Lipinski definition) is 8. The van der Waals surface area contributed by atoms with Crippen LogP contribution in [0.2, 0.25) is 0 Å². The van der Waals surface area contributed by atoms with E-state index in [1.54, 1.807) is 0 Å². The highest BCUT2D eigenvalue weighted by Gasteiger charge is 2.31. The molecule has 4 atom stereocenters. The first kappa shape index (κ1) is 96.9. The van der Waals surface area contributed by atoms with E-state index in [4.69, 9.17) is 0 Å². The molecule has 1 saturated carbocycles. The summed E-state index contributed by atoms with van der Waals surface area (Å²) in [5.41, 5.74) is 0.752. The first-order valence-electron chi connectivity index (χ1n) is 40.9. The zero-order valence-corrected chi connectivity index (χ0v) is 71.3. The molecule has 5 heterocycles. The maximum Gasteiger partial charge on any atom is 0.0125 e. The highest BCUT2D eigenvalue weighted by molar-refractivity contribution is 4.85. The molecule has 0 spiro atoms. The van der Waals surface area contributed by atoms with Crippen LogP contribution in [-0.2, 0) is 0 Å². The Morgan fingerprint density at radius 2 is 0.731 bits per heavy atom. The molecule has 8 heteroatoms. The molecule has 1 aliphatic carbocycles. The monoisotopic (exact) mass is 1320 g/mol. The van der Waals surface area contributed by atoms with Crippen molar-refractivity contribution in [2.45, 2.75) is 392 Å². The van der Waals surface area contributed by atoms with Gasteiger partial charge in [-0.3, -0.25) is 9.80 Å². The lowest BCUT2D eigenvalue weighted by Gasteiger charge is -2.42. The Kier molecular flexibility index (Phi) is 55.7. The van der Waals surface area contributed by atoms with Crippen molar-refractivity contribution < 1.29 is 0 Å². The van der Waals surface area contributed by atoms with Gasteiger partial charge in [0.15, 0.2) is 0 Å². The Bertz CT molecular complexity index is 1570. The highest BCUT2D eigenvalue weighted by atomic mass is 15.2. The van der Waals surface area contributed by atoms with Gasteiger partial charge >= 0.3 is 0 Å². The molecule has 5 aliphatic heterocycles. The number of likely N-dealkylation sites (tertiary alicyclic amines) is 5. The summed E-state index contributed by atoms with van der Waals surface area (Å²) in [5, 5.41) is 7.02. The SMILES string of the molecule is CC.CC(C)C1CCCN(C(C)(C)C)C1.CC(C)C1CCN(C(C)C)C1.CC(C)C1CCN(C(C)C)CC1.CC(C)CCN(C)C(C)C.CC(C)CCNC(C)C.CC(C)NC1CCC(C(C)C)CC1.CC(C)[C@@H]1CCCN(C(C)C)C1.C[C@H]1CCCN(C(C)(C)C)C1. The van der Waals surface area contributed by atoms with E-state index in [0.717, 1.165) is 108 Å². The summed E-state index contributed by atoms with van der Waals surface area (Å²) in [7, 11) is 2.19. The number of rotatable bonds is 18. The third-order valence-corrected chi connectivity index (χ3v) is 21.8. The van der Waals surface area contributed by atoms with Crippen LogP contribution in [0.4, 0.5) is 0 Å². The largest absolute Gasteiger partial charge is 0.315 e. The van der Waals surface area contributed by atoms with Crippen molar-refractivity contribution in [3.05, 3.63) is 0 Å². The molecule has 5 saturated heterocycles. The van der Waals surface area contributed by atoms with E-state index in [1.807, 2.05) is 13.8 Å². The molecule has 0 amide bonds. The van der Waals surface area contributed by atoms with Crippen LogP contribution in [0.25, 0.3) is 0 Å². The molecule has 2 unspecified atom stereocenters. The average Bonchev–Trinajstić information content (AvgIpc) is 1.67. The third kappa shape index (κ3) is 49.8. The van der Waals surface area contributed by atoms with Crippen molar-refractivity contribution in [1.82, 2.24) is 40.0 Å². The summed E-state index contributed by atoms with van der Waals surface area (Å²) >= 11 is 0. The Labute approximate surface area is 591 Å². The number of nitrogens with one attached hydrogen (secondary N) is 2. The van der Waals surface area contributed by atoms with Gasteiger partial charge in [-0.15, -0.1) is 0 Å². The zero-order chi connectivity index (χ0) is 72.5. The summed E-state index contributed by atoms with van der Waals surface area (Å²) < 4.78 is 0. The predicted octanol–water partition coefficient (Wildman–Crippen LogP) is 22.2. The minimum Gasteiger partial charge on any atom is -0.315 e. The molecule has 0 aromatic heterocycles. The molecule has 6 aliphatic rings. The molecular formula is C85H184N8. The van der Waals surface area contributed by atoms with Crippen LogP contribution in [0.15, 0.2) is 0 Å². The smallest absolute Gasteiger partial charge is 0.0125 e. The zero-order valence-electron chi connectivity index (χ0n) is 71.3. The second-order valence-corrected chi connectivity index (χ2v) is 36.7. The van der Waals surface area contributed by atoms with Gasteiger partial charge in [0.25, 0.3) is 0 Å². The summed E-state index contributed by atoms with van der Waals surface area (Å²) in [6.07, 6.45) is 21.0. The fourth-order valence-electron chi connectivity index (χ4n) is 13.8. The van der Waals surface area contributed by atoms with Gasteiger partial charge in [-0.2, -0.15) is 0 Å². The van der Waals surface area contributed by atoms with Crippen LogP contribution in [0.1, 0.15) is 339 Å². The molecule has 8 nitrogen and oxygen atoms in total. The third-order valence-electron chi connectivity index (χ3n) is 21.8.